The molecule has 0 aliphatic rings. The molecule has 2 heterocycles. The van der Waals surface area contributed by atoms with E-state index in [1.807, 2.05) is 0 Å². The second kappa shape index (κ2) is 7.30. The second-order valence-electron chi connectivity index (χ2n) is 5.80. The molecule has 1 aromatic carbocycles. The number of carbonyl (C=O) groups excluding carboxylic acids is 1. The zero-order chi connectivity index (χ0) is 20.6. The smallest absolute Gasteiger partial charge is 0.434 e. The number of halogens is 4. The summed E-state index contributed by atoms with van der Waals surface area (Å²) in [6.07, 6.45) is -4.68. The monoisotopic (exact) mass is 417 g/mol. The lowest BCUT2D eigenvalue weighted by molar-refractivity contribution is -0.147. The van der Waals surface area contributed by atoms with Crippen molar-refractivity contribution in [3.63, 3.8) is 0 Å². The number of rotatable bonds is 5. The van der Waals surface area contributed by atoms with Crippen LogP contribution in [0.2, 0.25) is 5.02 Å². The molecule has 3 aromatic rings. The molecule has 0 saturated heterocycles. The molecule has 12 heteroatoms. The molecule has 0 radical (unpaired) electrons. The van der Waals surface area contributed by atoms with Gasteiger partial charge in [-0.3, -0.25) is 4.68 Å². The third kappa shape index (κ3) is 3.61. The number of carbonyl (C=O) groups is 1. The molecule has 0 aliphatic heterocycles. The number of alkyl halides is 3. The van der Waals surface area contributed by atoms with Crippen LogP contribution in [-0.2, 0) is 22.8 Å². The van der Waals surface area contributed by atoms with E-state index in [0.29, 0.717) is 15.7 Å². The van der Waals surface area contributed by atoms with Crippen LogP contribution in [0.25, 0.3) is 11.0 Å². The minimum atomic E-state index is -4.68. The van der Waals surface area contributed by atoms with Crippen LogP contribution in [0.4, 0.5) is 13.2 Å². The molecule has 1 unspecified atom stereocenters. The third-order valence-electron chi connectivity index (χ3n) is 3.88. The zero-order valence-corrected chi connectivity index (χ0v) is 15.7. The summed E-state index contributed by atoms with van der Waals surface area (Å²) in [6.45, 7) is 3.48. The van der Waals surface area contributed by atoms with Crippen molar-refractivity contribution in [3.8, 4) is 11.6 Å². The standard InChI is InChI=1S/C16H15ClF3N5O3/c1-4-27-15(26)8(2)25-11-7-9(5-6-10(11)21-23-25)28-14-12(17)13(16(18,19)20)24(3)22-14/h5-8H,4H2,1-3H3. The first kappa shape index (κ1) is 19.9. The van der Waals surface area contributed by atoms with Gasteiger partial charge in [-0.2, -0.15) is 13.2 Å². The summed E-state index contributed by atoms with van der Waals surface area (Å²) in [5, 5.41) is 10.9. The summed E-state index contributed by atoms with van der Waals surface area (Å²) in [4.78, 5) is 12.0. The Bertz CT molecular complexity index is 1030. The topological polar surface area (TPSA) is 84.1 Å². The number of hydrogen-bond donors (Lipinski definition) is 0. The predicted molar refractivity (Wildman–Crippen MR) is 92.2 cm³/mol. The van der Waals surface area contributed by atoms with Gasteiger partial charge in [0.25, 0.3) is 5.88 Å². The van der Waals surface area contributed by atoms with Crippen LogP contribution in [0.5, 0.6) is 11.6 Å². The highest BCUT2D eigenvalue weighted by molar-refractivity contribution is 6.32. The van der Waals surface area contributed by atoms with Gasteiger partial charge < -0.3 is 9.47 Å². The summed E-state index contributed by atoms with van der Waals surface area (Å²) in [5.74, 6) is -0.739. The molecule has 0 amide bonds. The van der Waals surface area contributed by atoms with Gasteiger partial charge in [0.1, 0.15) is 22.3 Å². The molecule has 0 bridgehead atoms. The van der Waals surface area contributed by atoms with E-state index < -0.39 is 34.8 Å². The van der Waals surface area contributed by atoms with Crippen LogP contribution in [-0.4, -0.2) is 37.4 Å². The van der Waals surface area contributed by atoms with Crippen molar-refractivity contribution in [2.45, 2.75) is 26.1 Å². The van der Waals surface area contributed by atoms with Crippen LogP contribution in [0.3, 0.4) is 0 Å². The van der Waals surface area contributed by atoms with Gasteiger partial charge in [0.2, 0.25) is 0 Å². The third-order valence-corrected chi connectivity index (χ3v) is 4.22. The zero-order valence-electron chi connectivity index (χ0n) is 15.0. The molecular formula is C16H15ClF3N5O3. The van der Waals surface area contributed by atoms with E-state index in [1.165, 1.54) is 16.8 Å². The number of aryl methyl sites for hydroxylation is 1. The Morgan fingerprint density at radius 3 is 2.68 bits per heavy atom. The quantitative estimate of drug-likeness (QED) is 0.588. The highest BCUT2D eigenvalue weighted by atomic mass is 35.5. The van der Waals surface area contributed by atoms with Crippen molar-refractivity contribution in [3.05, 3.63) is 28.9 Å². The molecule has 0 saturated carbocycles. The molecule has 3 rings (SSSR count). The van der Waals surface area contributed by atoms with Crippen LogP contribution in [0.15, 0.2) is 18.2 Å². The molecule has 2 aromatic heterocycles. The Hall–Kier alpha value is -2.82. The molecule has 0 spiro atoms. The van der Waals surface area contributed by atoms with Gasteiger partial charge in [-0.1, -0.05) is 16.8 Å². The van der Waals surface area contributed by atoms with Gasteiger partial charge in [-0.15, -0.1) is 10.2 Å². The highest BCUT2D eigenvalue weighted by Crippen LogP contribution is 2.40. The number of aromatic nitrogens is 5. The maximum absolute atomic E-state index is 13.0. The van der Waals surface area contributed by atoms with Crippen molar-refractivity contribution >= 4 is 28.6 Å². The van der Waals surface area contributed by atoms with E-state index >= 15 is 0 Å². The number of benzene rings is 1. The summed E-state index contributed by atoms with van der Waals surface area (Å²) in [6, 6.07) is 3.75. The first-order valence-corrected chi connectivity index (χ1v) is 8.50. The first-order chi connectivity index (χ1) is 13.1. The number of esters is 1. The number of nitrogens with zero attached hydrogens (tertiary/aromatic N) is 5. The molecule has 8 nitrogen and oxygen atoms in total. The number of ether oxygens (including phenoxy) is 2. The second-order valence-corrected chi connectivity index (χ2v) is 6.18. The summed E-state index contributed by atoms with van der Waals surface area (Å²) < 4.78 is 51.5. The fraction of sp³-hybridized carbons (Fsp3) is 0.375. The van der Waals surface area contributed by atoms with Gasteiger partial charge in [0, 0.05) is 13.1 Å². The minimum absolute atomic E-state index is 0.154. The Labute approximate surface area is 161 Å². The van der Waals surface area contributed by atoms with Crippen molar-refractivity contribution < 1.29 is 27.4 Å². The molecule has 0 N–H and O–H groups in total. The van der Waals surface area contributed by atoms with Gasteiger partial charge in [0.05, 0.1) is 12.1 Å². The summed E-state index contributed by atoms with van der Waals surface area (Å²) in [5.41, 5.74) is -0.222. The lowest BCUT2D eigenvalue weighted by atomic mass is 10.2. The Balaban J connectivity index is 1.96. The van der Waals surface area contributed by atoms with Crippen molar-refractivity contribution in [1.29, 1.82) is 0 Å². The van der Waals surface area contributed by atoms with E-state index in [2.05, 4.69) is 15.4 Å². The molecule has 0 aliphatic carbocycles. The van der Waals surface area contributed by atoms with Crippen LogP contribution in [0, 0.1) is 0 Å². The lowest BCUT2D eigenvalue weighted by Gasteiger charge is -2.11. The lowest BCUT2D eigenvalue weighted by Crippen LogP contribution is -2.20. The van der Waals surface area contributed by atoms with E-state index in [9.17, 15) is 18.0 Å². The number of fused-ring (bicyclic) bond motifs is 1. The Kier molecular flexibility index (Phi) is 5.20. The Morgan fingerprint density at radius 1 is 1.36 bits per heavy atom. The van der Waals surface area contributed by atoms with Crippen molar-refractivity contribution in [1.82, 2.24) is 24.8 Å². The normalized spacial score (nSPS) is 13.0. The van der Waals surface area contributed by atoms with Crippen LogP contribution >= 0.6 is 11.6 Å². The van der Waals surface area contributed by atoms with Crippen LogP contribution < -0.4 is 4.74 Å². The fourth-order valence-corrected chi connectivity index (χ4v) is 2.89. The van der Waals surface area contributed by atoms with E-state index in [1.54, 1.807) is 19.9 Å². The average molecular weight is 418 g/mol. The maximum Gasteiger partial charge on any atom is 0.434 e. The van der Waals surface area contributed by atoms with Crippen molar-refractivity contribution in [2.75, 3.05) is 6.61 Å². The van der Waals surface area contributed by atoms with Crippen LogP contribution in [0.1, 0.15) is 25.6 Å². The summed E-state index contributed by atoms with van der Waals surface area (Å²) >= 11 is 5.80. The van der Waals surface area contributed by atoms with E-state index in [-0.39, 0.29) is 12.4 Å². The van der Waals surface area contributed by atoms with Crippen molar-refractivity contribution in [2.24, 2.45) is 7.05 Å². The Morgan fingerprint density at radius 2 is 2.07 bits per heavy atom. The van der Waals surface area contributed by atoms with Gasteiger partial charge in [0.15, 0.2) is 5.69 Å². The number of hydrogen-bond acceptors (Lipinski definition) is 6. The average Bonchev–Trinajstić information content (AvgIpc) is 3.14. The largest absolute Gasteiger partial charge is 0.464 e. The SMILES string of the molecule is CCOC(=O)C(C)n1nnc2ccc(Oc3nn(C)c(C(F)(F)F)c3Cl)cc21. The molecule has 150 valence electrons. The summed E-state index contributed by atoms with van der Waals surface area (Å²) in [7, 11) is 1.12. The molecule has 0 fully saturated rings. The minimum Gasteiger partial charge on any atom is -0.464 e. The van der Waals surface area contributed by atoms with Gasteiger partial charge in [-0.25, -0.2) is 9.48 Å². The predicted octanol–water partition coefficient (Wildman–Crippen LogP) is 3.75. The van der Waals surface area contributed by atoms with Gasteiger partial charge >= 0.3 is 12.1 Å². The maximum atomic E-state index is 13.0. The first-order valence-electron chi connectivity index (χ1n) is 8.12. The molecule has 1 atom stereocenters. The van der Waals surface area contributed by atoms with E-state index in [4.69, 9.17) is 21.1 Å². The molecule has 28 heavy (non-hydrogen) atoms. The highest BCUT2D eigenvalue weighted by Gasteiger charge is 2.39. The van der Waals surface area contributed by atoms with E-state index in [0.717, 1.165) is 7.05 Å². The fourth-order valence-electron chi connectivity index (χ4n) is 2.59. The van der Waals surface area contributed by atoms with Gasteiger partial charge in [-0.05, 0) is 26.0 Å². The molecular weight excluding hydrogens is 403 g/mol.